The number of fused-ring (bicyclic) bond motifs is 1. The van der Waals surface area contributed by atoms with Gasteiger partial charge in [0.15, 0.2) is 11.5 Å². The summed E-state index contributed by atoms with van der Waals surface area (Å²) in [5, 5.41) is 18.5. The number of ether oxygens (including phenoxy) is 3. The summed E-state index contributed by atoms with van der Waals surface area (Å²) in [6, 6.07) is 6.93. The number of rotatable bonds is 3. The lowest BCUT2D eigenvalue weighted by Crippen LogP contribution is -2.25. The molecule has 0 aliphatic carbocycles. The number of nitriles is 1. The summed E-state index contributed by atoms with van der Waals surface area (Å²) < 4.78 is 16.3. The maximum absolute atomic E-state index is 12.3. The van der Waals surface area contributed by atoms with E-state index in [9.17, 15) is 4.79 Å². The zero-order chi connectivity index (χ0) is 16.7. The van der Waals surface area contributed by atoms with Gasteiger partial charge in [-0.3, -0.25) is 5.10 Å². The molecule has 1 aromatic carbocycles. The normalized spacial score (nSPS) is 24.5. The molecule has 24 heavy (non-hydrogen) atoms. The Morgan fingerprint density at radius 1 is 1.42 bits per heavy atom. The van der Waals surface area contributed by atoms with Gasteiger partial charge >= 0.3 is 5.97 Å². The van der Waals surface area contributed by atoms with Crippen LogP contribution in [-0.2, 0) is 15.1 Å². The third-order valence-corrected chi connectivity index (χ3v) is 4.27. The van der Waals surface area contributed by atoms with Crippen molar-refractivity contribution in [1.29, 1.82) is 5.26 Å². The molecule has 3 heterocycles. The number of nitrogens with one attached hydrogen (secondary N) is 2. The van der Waals surface area contributed by atoms with E-state index in [0.29, 0.717) is 29.3 Å². The van der Waals surface area contributed by atoms with Crippen LogP contribution in [0.25, 0.3) is 0 Å². The lowest BCUT2D eigenvalue weighted by Gasteiger charge is -2.23. The van der Waals surface area contributed by atoms with Gasteiger partial charge in [-0.25, -0.2) is 4.79 Å². The van der Waals surface area contributed by atoms with Crippen LogP contribution in [0.5, 0.6) is 11.5 Å². The van der Waals surface area contributed by atoms with E-state index in [1.165, 1.54) is 6.20 Å². The summed E-state index contributed by atoms with van der Waals surface area (Å²) in [5.74, 6) is 1.35. The molecule has 0 saturated carbocycles. The summed E-state index contributed by atoms with van der Waals surface area (Å²) >= 11 is 0. The topological polar surface area (TPSA) is 109 Å². The molecule has 0 spiro atoms. The minimum absolute atomic E-state index is 0.191. The molecule has 0 radical (unpaired) electrons. The molecule has 1 saturated heterocycles. The molecule has 2 aliphatic rings. The Balaban J connectivity index is 1.57. The molecular weight excluding hydrogens is 312 g/mol. The minimum Gasteiger partial charge on any atom is -0.454 e. The second-order valence-corrected chi connectivity index (χ2v) is 5.89. The summed E-state index contributed by atoms with van der Waals surface area (Å²) in [7, 11) is 0. The average molecular weight is 326 g/mol. The van der Waals surface area contributed by atoms with Crippen LogP contribution in [0.3, 0.4) is 0 Å². The first-order valence-electron chi connectivity index (χ1n) is 7.42. The molecule has 4 rings (SSSR count). The monoisotopic (exact) mass is 326 g/mol. The third kappa shape index (κ3) is 2.22. The number of esters is 1. The van der Waals surface area contributed by atoms with Crippen molar-refractivity contribution < 1.29 is 19.0 Å². The van der Waals surface area contributed by atoms with Gasteiger partial charge in [0, 0.05) is 6.42 Å². The number of carbonyl (C=O) groups excluding carboxylic acids is 1. The maximum atomic E-state index is 12.3. The van der Waals surface area contributed by atoms with Gasteiger partial charge in [0.1, 0.15) is 29.1 Å². The number of H-pyrrole nitrogens is 1. The van der Waals surface area contributed by atoms with Gasteiger partial charge in [0.05, 0.1) is 6.20 Å². The first kappa shape index (κ1) is 14.4. The Morgan fingerprint density at radius 3 is 3.08 bits per heavy atom. The Labute approximate surface area is 137 Å². The lowest BCUT2D eigenvalue weighted by atomic mass is 9.91. The van der Waals surface area contributed by atoms with Crippen molar-refractivity contribution in [2.45, 2.75) is 25.0 Å². The highest BCUT2D eigenvalue weighted by Crippen LogP contribution is 2.42. The number of anilines is 1. The maximum Gasteiger partial charge on any atom is 0.329 e. The average Bonchev–Trinajstić information content (AvgIpc) is 3.27. The fraction of sp³-hybridized carbons (Fsp3) is 0.312. The Hall–Kier alpha value is -3.21. The molecule has 2 aromatic rings. The second kappa shape index (κ2) is 5.16. The molecule has 1 fully saturated rings. The van der Waals surface area contributed by atoms with Gasteiger partial charge in [-0.2, -0.15) is 10.4 Å². The van der Waals surface area contributed by atoms with E-state index in [4.69, 9.17) is 19.5 Å². The molecule has 1 aromatic heterocycles. The first-order valence-corrected chi connectivity index (χ1v) is 7.42. The van der Waals surface area contributed by atoms with E-state index >= 15 is 0 Å². The highest BCUT2D eigenvalue weighted by Gasteiger charge is 2.45. The predicted molar refractivity (Wildman–Crippen MR) is 81.3 cm³/mol. The zero-order valence-electron chi connectivity index (χ0n) is 12.8. The molecule has 2 atom stereocenters. The summed E-state index contributed by atoms with van der Waals surface area (Å²) in [6.45, 7) is 2.04. The van der Waals surface area contributed by atoms with Crippen molar-refractivity contribution in [2.24, 2.45) is 0 Å². The van der Waals surface area contributed by atoms with E-state index in [0.717, 1.165) is 5.56 Å². The van der Waals surface area contributed by atoms with Gasteiger partial charge in [-0.05, 0) is 24.6 Å². The number of carbonyl (C=O) groups is 1. The number of aromatic nitrogens is 2. The van der Waals surface area contributed by atoms with Crippen LogP contribution in [0.4, 0.5) is 5.82 Å². The third-order valence-electron chi connectivity index (χ3n) is 4.27. The highest BCUT2D eigenvalue weighted by atomic mass is 16.7. The Morgan fingerprint density at radius 2 is 2.25 bits per heavy atom. The number of aromatic amines is 1. The smallest absolute Gasteiger partial charge is 0.329 e. The van der Waals surface area contributed by atoms with Crippen LogP contribution < -0.4 is 14.8 Å². The number of hydrogen-bond acceptors (Lipinski definition) is 7. The molecule has 8 heteroatoms. The van der Waals surface area contributed by atoms with Crippen LogP contribution >= 0.6 is 0 Å². The van der Waals surface area contributed by atoms with E-state index in [2.05, 4.69) is 15.5 Å². The Kier molecular flexibility index (Phi) is 3.09. The largest absolute Gasteiger partial charge is 0.454 e. The molecule has 0 amide bonds. The van der Waals surface area contributed by atoms with Gasteiger partial charge < -0.3 is 19.5 Å². The van der Waals surface area contributed by atoms with Gasteiger partial charge in [0.2, 0.25) is 6.79 Å². The van der Waals surface area contributed by atoms with Crippen molar-refractivity contribution >= 4 is 11.8 Å². The Bertz CT molecular complexity index is 856. The SMILES string of the molecule is CC1(c2ccc3c(c2)OCO3)CC(Nc2[nH]ncc2C#N)C(=O)O1. The first-order chi connectivity index (χ1) is 11.6. The highest BCUT2D eigenvalue weighted by molar-refractivity contribution is 5.82. The molecule has 2 unspecified atom stereocenters. The lowest BCUT2D eigenvalue weighted by molar-refractivity contribution is -0.148. The van der Waals surface area contributed by atoms with Crippen LogP contribution in [0, 0.1) is 11.3 Å². The van der Waals surface area contributed by atoms with E-state index < -0.39 is 11.6 Å². The standard InChI is InChI=1S/C16H14N4O4/c1-16(10-2-3-12-13(4-10)23-8-22-12)5-11(15(21)24-16)19-14-9(6-17)7-18-20-14/h2-4,7,11H,5,8H2,1H3,(H2,18,19,20). The number of hydrogen-bond donors (Lipinski definition) is 2. The summed E-state index contributed by atoms with van der Waals surface area (Å²) in [6.07, 6.45) is 1.81. The van der Waals surface area contributed by atoms with E-state index in [1.807, 2.05) is 25.1 Å². The van der Waals surface area contributed by atoms with Crippen LogP contribution in [0.15, 0.2) is 24.4 Å². The molecule has 2 aliphatic heterocycles. The number of nitrogens with zero attached hydrogens (tertiary/aromatic N) is 2. The van der Waals surface area contributed by atoms with Gasteiger partial charge in [-0.15, -0.1) is 0 Å². The zero-order valence-corrected chi connectivity index (χ0v) is 12.8. The van der Waals surface area contributed by atoms with Crippen molar-refractivity contribution in [3.05, 3.63) is 35.5 Å². The summed E-state index contributed by atoms with van der Waals surface area (Å²) in [4.78, 5) is 12.3. The number of benzene rings is 1. The minimum atomic E-state index is -0.789. The van der Waals surface area contributed by atoms with Crippen LogP contribution in [-0.4, -0.2) is 29.0 Å². The number of cyclic esters (lactones) is 1. The fourth-order valence-corrected chi connectivity index (χ4v) is 2.98. The fourth-order valence-electron chi connectivity index (χ4n) is 2.98. The quantitative estimate of drug-likeness (QED) is 0.825. The molecular formula is C16H14N4O4. The van der Waals surface area contributed by atoms with Crippen LogP contribution in [0.2, 0.25) is 0 Å². The molecule has 0 bridgehead atoms. The van der Waals surface area contributed by atoms with Crippen molar-refractivity contribution in [3.63, 3.8) is 0 Å². The van der Waals surface area contributed by atoms with Crippen molar-refractivity contribution in [2.75, 3.05) is 12.1 Å². The van der Waals surface area contributed by atoms with E-state index in [-0.39, 0.29) is 12.8 Å². The van der Waals surface area contributed by atoms with Gasteiger partial charge in [-0.1, -0.05) is 6.07 Å². The van der Waals surface area contributed by atoms with Crippen LogP contribution in [0.1, 0.15) is 24.5 Å². The molecule has 122 valence electrons. The van der Waals surface area contributed by atoms with Crippen molar-refractivity contribution in [1.82, 2.24) is 10.2 Å². The van der Waals surface area contributed by atoms with E-state index in [1.54, 1.807) is 6.07 Å². The molecule has 8 nitrogen and oxygen atoms in total. The summed E-state index contributed by atoms with van der Waals surface area (Å²) in [5.41, 5.74) is 0.386. The second-order valence-electron chi connectivity index (χ2n) is 5.89. The molecule has 2 N–H and O–H groups in total. The van der Waals surface area contributed by atoms with Gasteiger partial charge in [0.25, 0.3) is 0 Å². The predicted octanol–water partition coefficient (Wildman–Crippen LogP) is 1.65. The van der Waals surface area contributed by atoms with Crippen molar-refractivity contribution in [3.8, 4) is 17.6 Å².